The topological polar surface area (TPSA) is 66.9 Å². The molecule has 1 aliphatic heterocycles. The van der Waals surface area contributed by atoms with Crippen molar-refractivity contribution in [3.8, 4) is 5.75 Å². The first-order valence-electron chi connectivity index (χ1n) is 8.68. The smallest absolute Gasteiger partial charge is 0.243 e. The number of benzene rings is 2. The Morgan fingerprint density at radius 2 is 1.70 bits per heavy atom. The Morgan fingerprint density at radius 1 is 1.00 bits per heavy atom. The number of halogens is 1. The van der Waals surface area contributed by atoms with Crippen LogP contribution in [0.1, 0.15) is 6.42 Å². The molecule has 1 heterocycles. The highest BCUT2D eigenvalue weighted by atomic mass is 32.2. The van der Waals surface area contributed by atoms with Gasteiger partial charge in [-0.3, -0.25) is 4.79 Å². The van der Waals surface area contributed by atoms with E-state index in [4.69, 9.17) is 4.74 Å². The number of amides is 1. The molecule has 1 aliphatic rings. The lowest BCUT2D eigenvalue weighted by atomic mass is 10.3. The summed E-state index contributed by atoms with van der Waals surface area (Å²) in [7, 11) is -3.76. The SMILES string of the molecule is O=C(CCOc1ccccc1)N1CCN(S(=O)(=O)c2cccc(F)c2)CC1. The zero-order chi connectivity index (χ0) is 19.3. The predicted molar refractivity (Wildman–Crippen MR) is 98.3 cm³/mol. The summed E-state index contributed by atoms with van der Waals surface area (Å²) in [5.41, 5.74) is 0. The standard InChI is InChI=1S/C19H21FN2O4S/c20-16-5-4-8-18(15-16)27(24,25)22-12-10-21(11-13-22)19(23)9-14-26-17-6-2-1-3-7-17/h1-8,15H,9-14H2. The van der Waals surface area contributed by atoms with Gasteiger partial charge in [-0.15, -0.1) is 0 Å². The maximum Gasteiger partial charge on any atom is 0.243 e. The van der Waals surface area contributed by atoms with E-state index in [0.717, 1.165) is 6.07 Å². The van der Waals surface area contributed by atoms with Crippen LogP contribution in [-0.2, 0) is 14.8 Å². The number of carbonyl (C=O) groups is 1. The zero-order valence-electron chi connectivity index (χ0n) is 14.8. The van der Waals surface area contributed by atoms with Gasteiger partial charge in [-0.05, 0) is 30.3 Å². The van der Waals surface area contributed by atoms with Gasteiger partial charge in [-0.1, -0.05) is 24.3 Å². The average Bonchev–Trinajstić information content (AvgIpc) is 2.69. The van der Waals surface area contributed by atoms with Crippen molar-refractivity contribution >= 4 is 15.9 Å². The summed E-state index contributed by atoms with van der Waals surface area (Å²) < 4.78 is 45.3. The Hall–Kier alpha value is -2.45. The largest absolute Gasteiger partial charge is 0.493 e. The number of carbonyl (C=O) groups excluding carboxylic acids is 1. The minimum atomic E-state index is -3.76. The summed E-state index contributed by atoms with van der Waals surface area (Å²) in [5, 5.41) is 0. The molecule has 3 rings (SSSR count). The van der Waals surface area contributed by atoms with E-state index in [9.17, 15) is 17.6 Å². The Balaban J connectivity index is 1.50. The molecule has 6 nitrogen and oxygen atoms in total. The van der Waals surface area contributed by atoms with Gasteiger partial charge in [0.15, 0.2) is 0 Å². The monoisotopic (exact) mass is 392 g/mol. The highest BCUT2D eigenvalue weighted by Gasteiger charge is 2.30. The third-order valence-corrected chi connectivity index (χ3v) is 6.25. The average molecular weight is 392 g/mol. The minimum absolute atomic E-state index is 0.0708. The summed E-state index contributed by atoms with van der Waals surface area (Å²) in [6, 6.07) is 14.2. The zero-order valence-corrected chi connectivity index (χ0v) is 15.6. The summed E-state index contributed by atoms with van der Waals surface area (Å²) in [4.78, 5) is 13.8. The molecule has 0 atom stereocenters. The second-order valence-electron chi connectivity index (χ2n) is 6.15. The summed E-state index contributed by atoms with van der Waals surface area (Å²) in [6.07, 6.45) is 0.228. The van der Waals surface area contributed by atoms with Gasteiger partial charge in [0.1, 0.15) is 11.6 Å². The molecule has 1 fully saturated rings. The normalized spacial score (nSPS) is 15.5. The lowest BCUT2D eigenvalue weighted by Gasteiger charge is -2.34. The van der Waals surface area contributed by atoms with Gasteiger partial charge in [0.25, 0.3) is 0 Å². The van der Waals surface area contributed by atoms with Crippen molar-refractivity contribution in [2.45, 2.75) is 11.3 Å². The lowest BCUT2D eigenvalue weighted by molar-refractivity contribution is -0.132. The van der Waals surface area contributed by atoms with E-state index >= 15 is 0 Å². The number of sulfonamides is 1. The summed E-state index contributed by atoms with van der Waals surface area (Å²) in [6.45, 7) is 1.25. The Morgan fingerprint density at radius 3 is 2.37 bits per heavy atom. The molecule has 0 aromatic heterocycles. The van der Waals surface area contributed by atoms with Gasteiger partial charge in [0.05, 0.1) is 17.9 Å². The van der Waals surface area contributed by atoms with E-state index in [-0.39, 0.29) is 36.9 Å². The fourth-order valence-electron chi connectivity index (χ4n) is 2.89. The molecule has 0 N–H and O–H groups in total. The van der Waals surface area contributed by atoms with E-state index in [2.05, 4.69) is 0 Å². The molecule has 0 spiro atoms. The first-order chi connectivity index (χ1) is 13.0. The third-order valence-electron chi connectivity index (χ3n) is 4.35. The molecule has 0 aliphatic carbocycles. The molecule has 144 valence electrons. The van der Waals surface area contributed by atoms with Crippen molar-refractivity contribution in [1.29, 1.82) is 0 Å². The van der Waals surface area contributed by atoms with Crippen LogP contribution in [-0.4, -0.2) is 56.3 Å². The molecule has 0 radical (unpaired) electrons. The molecule has 1 saturated heterocycles. The van der Waals surface area contributed by atoms with Gasteiger partial charge in [0.2, 0.25) is 15.9 Å². The highest BCUT2D eigenvalue weighted by molar-refractivity contribution is 7.89. The predicted octanol–water partition coefficient (Wildman–Crippen LogP) is 2.13. The van der Waals surface area contributed by atoms with Crippen LogP contribution in [0.15, 0.2) is 59.5 Å². The molecule has 8 heteroatoms. The number of para-hydroxylation sites is 1. The fourth-order valence-corrected chi connectivity index (χ4v) is 4.34. The van der Waals surface area contributed by atoms with Crippen molar-refractivity contribution in [3.63, 3.8) is 0 Å². The first kappa shape index (κ1) is 19.3. The number of piperazine rings is 1. The maximum absolute atomic E-state index is 13.3. The molecule has 2 aromatic carbocycles. The van der Waals surface area contributed by atoms with Crippen LogP contribution in [0.25, 0.3) is 0 Å². The summed E-state index contributed by atoms with van der Waals surface area (Å²) in [5.74, 6) is 0.0355. The number of hydrogen-bond donors (Lipinski definition) is 0. The van der Waals surface area contributed by atoms with E-state index in [0.29, 0.717) is 18.8 Å². The van der Waals surface area contributed by atoms with Crippen LogP contribution < -0.4 is 4.74 Å². The van der Waals surface area contributed by atoms with Crippen LogP contribution >= 0.6 is 0 Å². The van der Waals surface area contributed by atoms with Gasteiger partial charge < -0.3 is 9.64 Å². The van der Waals surface area contributed by atoms with Crippen LogP contribution in [0.2, 0.25) is 0 Å². The molecular weight excluding hydrogens is 371 g/mol. The Bertz CT molecular complexity index is 882. The third kappa shape index (κ3) is 4.84. The molecule has 1 amide bonds. The second-order valence-corrected chi connectivity index (χ2v) is 8.09. The highest BCUT2D eigenvalue weighted by Crippen LogP contribution is 2.19. The number of hydrogen-bond acceptors (Lipinski definition) is 4. The van der Waals surface area contributed by atoms with Crippen LogP contribution in [0.3, 0.4) is 0 Å². The van der Waals surface area contributed by atoms with Crippen molar-refractivity contribution in [3.05, 3.63) is 60.4 Å². The molecule has 0 saturated carbocycles. The van der Waals surface area contributed by atoms with E-state index in [1.807, 2.05) is 30.3 Å². The van der Waals surface area contributed by atoms with E-state index < -0.39 is 15.8 Å². The van der Waals surface area contributed by atoms with Crippen LogP contribution in [0.4, 0.5) is 4.39 Å². The van der Waals surface area contributed by atoms with Crippen LogP contribution in [0.5, 0.6) is 5.75 Å². The number of ether oxygens (including phenoxy) is 1. The molecule has 0 bridgehead atoms. The van der Waals surface area contributed by atoms with Crippen molar-refractivity contribution in [2.75, 3.05) is 32.8 Å². The van der Waals surface area contributed by atoms with Gasteiger partial charge in [-0.2, -0.15) is 4.31 Å². The lowest BCUT2D eigenvalue weighted by Crippen LogP contribution is -2.50. The second kappa shape index (κ2) is 8.49. The molecule has 2 aromatic rings. The van der Waals surface area contributed by atoms with Gasteiger partial charge >= 0.3 is 0 Å². The number of rotatable bonds is 6. The fraction of sp³-hybridized carbons (Fsp3) is 0.316. The molecule has 27 heavy (non-hydrogen) atoms. The summed E-state index contributed by atoms with van der Waals surface area (Å²) >= 11 is 0. The van der Waals surface area contributed by atoms with E-state index in [1.165, 1.54) is 22.5 Å². The Kier molecular flexibility index (Phi) is 6.08. The number of nitrogens with zero attached hydrogens (tertiary/aromatic N) is 2. The Labute approximate surface area is 158 Å². The van der Waals surface area contributed by atoms with Crippen molar-refractivity contribution in [2.24, 2.45) is 0 Å². The van der Waals surface area contributed by atoms with Crippen LogP contribution in [0, 0.1) is 5.82 Å². The van der Waals surface area contributed by atoms with Crippen molar-refractivity contribution in [1.82, 2.24) is 9.21 Å². The molecule has 0 unspecified atom stereocenters. The van der Waals surface area contributed by atoms with Crippen molar-refractivity contribution < 1.29 is 22.3 Å². The van der Waals surface area contributed by atoms with Gasteiger partial charge in [0, 0.05) is 26.2 Å². The quantitative estimate of drug-likeness (QED) is 0.755. The van der Waals surface area contributed by atoms with Gasteiger partial charge in [-0.25, -0.2) is 12.8 Å². The minimum Gasteiger partial charge on any atom is -0.493 e. The molecular formula is C19H21FN2O4S. The maximum atomic E-state index is 13.3. The van der Waals surface area contributed by atoms with E-state index in [1.54, 1.807) is 4.90 Å². The first-order valence-corrected chi connectivity index (χ1v) is 10.1.